The number of hydrogen-bond donors (Lipinski definition) is 2. The van der Waals surface area contributed by atoms with E-state index in [0.717, 1.165) is 30.2 Å². The Bertz CT molecular complexity index is 453. The molecule has 1 saturated carbocycles. The second kappa shape index (κ2) is 6.04. The van der Waals surface area contributed by atoms with Crippen LogP contribution in [-0.2, 0) is 0 Å². The van der Waals surface area contributed by atoms with Crippen LogP contribution in [0.5, 0.6) is 0 Å². The zero-order valence-corrected chi connectivity index (χ0v) is 12.3. The molecule has 3 N–H and O–H groups in total. The van der Waals surface area contributed by atoms with Gasteiger partial charge in [0.15, 0.2) is 0 Å². The number of amides is 1. The molecule has 0 unspecified atom stereocenters. The number of benzene rings is 1. The molecule has 2 rings (SSSR count). The van der Waals surface area contributed by atoms with Gasteiger partial charge in [0, 0.05) is 16.6 Å². The van der Waals surface area contributed by atoms with Crippen molar-refractivity contribution in [3.05, 3.63) is 33.3 Å². The van der Waals surface area contributed by atoms with Crippen LogP contribution >= 0.6 is 27.5 Å². The number of rotatable bonds is 2. The number of carbonyl (C=O) groups is 1. The third-order valence-corrected chi connectivity index (χ3v) is 4.12. The monoisotopic (exact) mass is 330 g/mol. The van der Waals surface area contributed by atoms with Crippen LogP contribution in [0.4, 0.5) is 0 Å². The van der Waals surface area contributed by atoms with Crippen molar-refractivity contribution >= 4 is 33.4 Å². The summed E-state index contributed by atoms with van der Waals surface area (Å²) in [5.41, 5.74) is 6.51. The smallest absolute Gasteiger partial charge is 0.253 e. The molecular formula is C13H16BrClN2O. The van der Waals surface area contributed by atoms with Gasteiger partial charge in [0.05, 0.1) is 10.6 Å². The maximum absolute atomic E-state index is 12.1. The van der Waals surface area contributed by atoms with Crippen LogP contribution < -0.4 is 11.1 Å². The Kier molecular flexibility index (Phi) is 4.65. The van der Waals surface area contributed by atoms with Crippen LogP contribution in [0, 0.1) is 0 Å². The molecule has 3 nitrogen and oxygen atoms in total. The van der Waals surface area contributed by atoms with Gasteiger partial charge in [0.1, 0.15) is 0 Å². The maximum atomic E-state index is 12.1. The molecular weight excluding hydrogens is 316 g/mol. The van der Waals surface area contributed by atoms with Crippen molar-refractivity contribution in [2.24, 2.45) is 5.73 Å². The summed E-state index contributed by atoms with van der Waals surface area (Å²) in [5.74, 6) is -0.144. The highest BCUT2D eigenvalue weighted by atomic mass is 79.9. The lowest BCUT2D eigenvalue weighted by atomic mass is 9.91. The van der Waals surface area contributed by atoms with E-state index in [9.17, 15) is 4.79 Å². The van der Waals surface area contributed by atoms with E-state index in [1.165, 1.54) is 0 Å². The van der Waals surface area contributed by atoms with Crippen LogP contribution in [0.25, 0.3) is 0 Å². The summed E-state index contributed by atoms with van der Waals surface area (Å²) in [7, 11) is 0. The molecule has 0 aromatic heterocycles. The molecule has 0 spiro atoms. The SMILES string of the molecule is N[C@@H]1CCCC[C@H]1NC(=O)c1ccc(Br)cc1Cl. The number of nitrogens with one attached hydrogen (secondary N) is 1. The highest BCUT2D eigenvalue weighted by Gasteiger charge is 2.24. The summed E-state index contributed by atoms with van der Waals surface area (Å²) < 4.78 is 0.860. The van der Waals surface area contributed by atoms with Gasteiger partial charge in [-0.1, -0.05) is 40.4 Å². The summed E-state index contributed by atoms with van der Waals surface area (Å²) in [6, 6.07) is 5.36. The van der Waals surface area contributed by atoms with Crippen LogP contribution in [0.2, 0.25) is 5.02 Å². The predicted molar refractivity (Wildman–Crippen MR) is 76.8 cm³/mol. The van der Waals surface area contributed by atoms with Crippen LogP contribution in [0.3, 0.4) is 0 Å². The highest BCUT2D eigenvalue weighted by molar-refractivity contribution is 9.10. The number of carbonyl (C=O) groups excluding carboxylic acids is 1. The molecule has 18 heavy (non-hydrogen) atoms. The lowest BCUT2D eigenvalue weighted by Crippen LogP contribution is -2.49. The summed E-state index contributed by atoms with van der Waals surface area (Å²) >= 11 is 9.37. The first kappa shape index (κ1) is 13.8. The van der Waals surface area contributed by atoms with Crippen LogP contribution in [0.1, 0.15) is 36.0 Å². The molecule has 1 fully saturated rings. The Balaban J connectivity index is 2.07. The first-order chi connectivity index (χ1) is 8.58. The van der Waals surface area contributed by atoms with Crippen molar-refractivity contribution in [3.63, 3.8) is 0 Å². The van der Waals surface area contributed by atoms with E-state index in [-0.39, 0.29) is 18.0 Å². The lowest BCUT2D eigenvalue weighted by molar-refractivity contribution is 0.0921. The van der Waals surface area contributed by atoms with Gasteiger partial charge in [-0.05, 0) is 31.0 Å². The minimum absolute atomic E-state index is 0.0527. The van der Waals surface area contributed by atoms with Gasteiger partial charge in [0.25, 0.3) is 5.91 Å². The third kappa shape index (κ3) is 3.25. The zero-order valence-electron chi connectivity index (χ0n) is 9.96. The van der Waals surface area contributed by atoms with E-state index >= 15 is 0 Å². The normalized spacial score (nSPS) is 23.7. The molecule has 1 aromatic carbocycles. The van der Waals surface area contributed by atoms with Gasteiger partial charge in [-0.3, -0.25) is 4.79 Å². The van der Waals surface area contributed by atoms with Crippen molar-refractivity contribution in [1.82, 2.24) is 5.32 Å². The van der Waals surface area contributed by atoms with Crippen molar-refractivity contribution in [1.29, 1.82) is 0 Å². The summed E-state index contributed by atoms with van der Waals surface area (Å²) in [5, 5.41) is 3.43. The van der Waals surface area contributed by atoms with Crippen molar-refractivity contribution < 1.29 is 4.79 Å². The fourth-order valence-electron chi connectivity index (χ4n) is 2.26. The minimum Gasteiger partial charge on any atom is -0.348 e. The summed E-state index contributed by atoms with van der Waals surface area (Å²) in [4.78, 5) is 12.1. The van der Waals surface area contributed by atoms with E-state index in [1.54, 1.807) is 12.1 Å². The van der Waals surface area contributed by atoms with Gasteiger partial charge >= 0.3 is 0 Å². The Labute approximate surface area is 120 Å². The zero-order chi connectivity index (χ0) is 13.1. The Morgan fingerprint density at radius 2 is 2.11 bits per heavy atom. The second-order valence-corrected chi connectivity index (χ2v) is 5.98. The molecule has 0 aliphatic heterocycles. The van der Waals surface area contributed by atoms with Crippen molar-refractivity contribution in [2.45, 2.75) is 37.8 Å². The highest BCUT2D eigenvalue weighted by Crippen LogP contribution is 2.22. The number of hydrogen-bond acceptors (Lipinski definition) is 2. The van der Waals surface area contributed by atoms with Gasteiger partial charge in [-0.2, -0.15) is 0 Å². The largest absolute Gasteiger partial charge is 0.348 e. The third-order valence-electron chi connectivity index (χ3n) is 3.31. The van der Waals surface area contributed by atoms with Gasteiger partial charge in [-0.25, -0.2) is 0 Å². The summed E-state index contributed by atoms with van der Waals surface area (Å²) in [6.45, 7) is 0. The molecule has 1 amide bonds. The van der Waals surface area contributed by atoms with Gasteiger partial charge in [0.2, 0.25) is 0 Å². The van der Waals surface area contributed by atoms with Crippen molar-refractivity contribution in [2.75, 3.05) is 0 Å². The molecule has 0 radical (unpaired) electrons. The van der Waals surface area contributed by atoms with E-state index in [0.29, 0.717) is 10.6 Å². The second-order valence-electron chi connectivity index (χ2n) is 4.65. The molecule has 0 heterocycles. The van der Waals surface area contributed by atoms with E-state index < -0.39 is 0 Å². The van der Waals surface area contributed by atoms with E-state index in [2.05, 4.69) is 21.2 Å². The van der Waals surface area contributed by atoms with Gasteiger partial charge in [-0.15, -0.1) is 0 Å². The van der Waals surface area contributed by atoms with Crippen LogP contribution in [0.15, 0.2) is 22.7 Å². The number of halogens is 2. The quantitative estimate of drug-likeness (QED) is 0.875. The molecule has 1 aliphatic carbocycles. The first-order valence-corrected chi connectivity index (χ1v) is 7.26. The number of nitrogens with two attached hydrogens (primary N) is 1. The average molecular weight is 332 g/mol. The molecule has 5 heteroatoms. The molecule has 1 aliphatic rings. The fourth-order valence-corrected chi connectivity index (χ4v) is 3.02. The first-order valence-electron chi connectivity index (χ1n) is 6.09. The standard InChI is InChI=1S/C13H16BrClN2O/c14-8-5-6-9(10(15)7-8)13(18)17-12-4-2-1-3-11(12)16/h5-7,11-12H,1-4,16H2,(H,17,18)/t11-,12-/m1/s1. The topological polar surface area (TPSA) is 55.1 Å². The Morgan fingerprint density at radius 1 is 1.39 bits per heavy atom. The predicted octanol–water partition coefficient (Wildman–Crippen LogP) is 3.10. The van der Waals surface area contributed by atoms with E-state index in [1.807, 2.05) is 6.07 Å². The fraction of sp³-hybridized carbons (Fsp3) is 0.462. The Morgan fingerprint density at radius 3 is 2.78 bits per heavy atom. The molecule has 0 saturated heterocycles. The van der Waals surface area contributed by atoms with E-state index in [4.69, 9.17) is 17.3 Å². The molecule has 2 atom stereocenters. The molecule has 98 valence electrons. The minimum atomic E-state index is -0.144. The molecule has 1 aromatic rings. The van der Waals surface area contributed by atoms with Gasteiger partial charge < -0.3 is 11.1 Å². The summed E-state index contributed by atoms with van der Waals surface area (Å²) in [6.07, 6.45) is 4.18. The Hall–Kier alpha value is -0.580. The molecule has 0 bridgehead atoms. The van der Waals surface area contributed by atoms with Crippen LogP contribution in [-0.4, -0.2) is 18.0 Å². The maximum Gasteiger partial charge on any atom is 0.253 e. The average Bonchev–Trinajstić information content (AvgIpc) is 2.32. The van der Waals surface area contributed by atoms with Crippen molar-refractivity contribution in [3.8, 4) is 0 Å². The lowest BCUT2D eigenvalue weighted by Gasteiger charge is -2.29.